The van der Waals surface area contributed by atoms with Crippen molar-refractivity contribution in [3.8, 4) is 11.8 Å². The van der Waals surface area contributed by atoms with E-state index in [1.165, 1.54) is 6.07 Å². The highest BCUT2D eigenvalue weighted by atomic mass is 32.2. The minimum atomic E-state index is -3.79. The molecule has 6 nitrogen and oxygen atoms in total. The third-order valence-electron chi connectivity index (χ3n) is 4.92. The lowest BCUT2D eigenvalue weighted by Crippen LogP contribution is -2.26. The van der Waals surface area contributed by atoms with E-state index in [1.807, 2.05) is 55.5 Å². The quantitative estimate of drug-likeness (QED) is 0.419. The van der Waals surface area contributed by atoms with Gasteiger partial charge in [-0.25, -0.2) is 13.4 Å². The number of H-pyrrole nitrogens is 1. The van der Waals surface area contributed by atoms with Crippen LogP contribution in [0.25, 0.3) is 11.0 Å². The Labute approximate surface area is 189 Å². The maximum absolute atomic E-state index is 12.9. The first-order valence-corrected chi connectivity index (χ1v) is 12.3. The van der Waals surface area contributed by atoms with Gasteiger partial charge in [-0.2, -0.15) is 0 Å². The number of aryl methyl sites for hydroxylation is 1. The van der Waals surface area contributed by atoms with E-state index in [0.29, 0.717) is 16.2 Å². The number of fused-ring (bicyclic) bond motifs is 1. The van der Waals surface area contributed by atoms with Crippen LogP contribution in [0.1, 0.15) is 21.8 Å². The number of carboxylic acids is 1. The molecule has 4 rings (SSSR count). The van der Waals surface area contributed by atoms with E-state index in [2.05, 4.69) is 21.8 Å². The number of benzene rings is 2. The molecule has 0 saturated heterocycles. The number of thiophene rings is 1. The first-order chi connectivity index (χ1) is 15.3. The monoisotopic (exact) mass is 464 g/mol. The van der Waals surface area contributed by atoms with Crippen molar-refractivity contribution in [2.45, 2.75) is 17.6 Å². The largest absolute Gasteiger partial charge is 0.481 e. The first kappa shape index (κ1) is 21.8. The minimum Gasteiger partial charge on any atom is -0.481 e. The Kier molecular flexibility index (Phi) is 6.12. The fourth-order valence-electron chi connectivity index (χ4n) is 3.23. The number of hydrogen-bond acceptors (Lipinski definition) is 5. The summed E-state index contributed by atoms with van der Waals surface area (Å²) in [7, 11) is -3.79. The second-order valence-corrected chi connectivity index (χ2v) is 10.8. The van der Waals surface area contributed by atoms with Crippen LogP contribution in [0, 0.1) is 24.7 Å². The molecule has 4 aromatic rings. The van der Waals surface area contributed by atoms with Gasteiger partial charge in [0.15, 0.2) is 9.84 Å². The zero-order valence-corrected chi connectivity index (χ0v) is 18.8. The number of carbonyl (C=O) groups is 1. The summed E-state index contributed by atoms with van der Waals surface area (Å²) >= 11 is 1.05. The van der Waals surface area contributed by atoms with Crippen LogP contribution in [0.5, 0.6) is 0 Å². The minimum absolute atomic E-state index is 0.00525. The summed E-state index contributed by atoms with van der Waals surface area (Å²) < 4.78 is 25.9. The predicted octanol–water partition coefficient (Wildman–Crippen LogP) is 4.05. The Morgan fingerprint density at radius 2 is 1.84 bits per heavy atom. The van der Waals surface area contributed by atoms with Crippen molar-refractivity contribution in [2.24, 2.45) is 5.92 Å². The number of aromatic nitrogens is 2. The molecule has 2 heterocycles. The lowest BCUT2D eigenvalue weighted by atomic mass is 10.1. The van der Waals surface area contributed by atoms with Gasteiger partial charge in [0.1, 0.15) is 10.0 Å². The zero-order chi connectivity index (χ0) is 22.7. The second-order valence-electron chi connectivity index (χ2n) is 7.46. The average Bonchev–Trinajstić information content (AvgIpc) is 3.39. The molecular formula is C24H20N2O4S2. The van der Waals surface area contributed by atoms with E-state index in [1.54, 1.807) is 6.07 Å². The fraction of sp³-hybridized carbons (Fsp3) is 0.167. The molecule has 0 bridgehead atoms. The van der Waals surface area contributed by atoms with Gasteiger partial charge in [-0.15, -0.1) is 11.3 Å². The SMILES string of the molecule is Cc1ccc(C#Cc2ccc(S(=O)(=O)C[C@@H](Cc3nc4ccccc4[nH]3)C(=O)O)s2)cc1. The van der Waals surface area contributed by atoms with E-state index < -0.39 is 27.5 Å². The molecule has 0 radical (unpaired) electrons. The Hall–Kier alpha value is -3.41. The molecule has 0 aliphatic carbocycles. The van der Waals surface area contributed by atoms with Crippen molar-refractivity contribution < 1.29 is 18.3 Å². The second kappa shape index (κ2) is 8.99. The Morgan fingerprint density at radius 3 is 2.56 bits per heavy atom. The van der Waals surface area contributed by atoms with Crippen molar-refractivity contribution in [3.63, 3.8) is 0 Å². The molecule has 0 aliphatic heterocycles. The van der Waals surface area contributed by atoms with Crippen LogP contribution in [0.15, 0.2) is 64.9 Å². The van der Waals surface area contributed by atoms with Crippen LogP contribution in [-0.2, 0) is 21.1 Å². The summed E-state index contributed by atoms with van der Waals surface area (Å²) in [4.78, 5) is 19.8. The van der Waals surface area contributed by atoms with Gasteiger partial charge in [0.25, 0.3) is 0 Å². The van der Waals surface area contributed by atoms with Crippen molar-refractivity contribution in [1.29, 1.82) is 0 Å². The molecule has 2 aromatic heterocycles. The molecule has 162 valence electrons. The van der Waals surface area contributed by atoms with Gasteiger partial charge in [-0.3, -0.25) is 4.79 Å². The van der Waals surface area contributed by atoms with Gasteiger partial charge in [-0.05, 0) is 43.3 Å². The number of para-hydroxylation sites is 2. The van der Waals surface area contributed by atoms with Crippen LogP contribution in [0.4, 0.5) is 0 Å². The molecule has 0 aliphatic rings. The zero-order valence-electron chi connectivity index (χ0n) is 17.2. The Balaban J connectivity index is 1.50. The van der Waals surface area contributed by atoms with Gasteiger partial charge in [0, 0.05) is 12.0 Å². The fourth-order valence-corrected chi connectivity index (χ4v) is 6.03. The molecule has 8 heteroatoms. The number of hydrogen-bond donors (Lipinski definition) is 2. The summed E-state index contributed by atoms with van der Waals surface area (Å²) in [5, 5.41) is 9.63. The van der Waals surface area contributed by atoms with Gasteiger partial charge in [0.2, 0.25) is 0 Å². The maximum Gasteiger partial charge on any atom is 0.307 e. The third-order valence-corrected chi connectivity index (χ3v) is 8.31. The van der Waals surface area contributed by atoms with Gasteiger partial charge in [0.05, 0.1) is 27.6 Å². The van der Waals surface area contributed by atoms with Crippen LogP contribution >= 0.6 is 11.3 Å². The van der Waals surface area contributed by atoms with Gasteiger partial charge in [-0.1, -0.05) is 41.7 Å². The molecule has 0 spiro atoms. The average molecular weight is 465 g/mol. The van der Waals surface area contributed by atoms with Crippen molar-refractivity contribution in [2.75, 3.05) is 5.75 Å². The lowest BCUT2D eigenvalue weighted by Gasteiger charge is -2.10. The van der Waals surface area contributed by atoms with E-state index in [0.717, 1.165) is 28.0 Å². The maximum atomic E-state index is 12.9. The molecule has 2 N–H and O–H groups in total. The number of nitrogens with zero attached hydrogens (tertiary/aromatic N) is 1. The number of carboxylic acid groups (broad SMARTS) is 1. The number of aliphatic carboxylic acids is 1. The normalized spacial score (nSPS) is 12.3. The van der Waals surface area contributed by atoms with E-state index in [-0.39, 0.29) is 10.6 Å². The molecule has 0 saturated carbocycles. The Morgan fingerprint density at radius 1 is 1.09 bits per heavy atom. The number of aromatic amines is 1. The number of rotatable bonds is 6. The van der Waals surface area contributed by atoms with Gasteiger partial charge < -0.3 is 10.1 Å². The summed E-state index contributed by atoms with van der Waals surface area (Å²) in [6, 6.07) is 18.2. The summed E-state index contributed by atoms with van der Waals surface area (Å²) in [5.41, 5.74) is 3.47. The highest BCUT2D eigenvalue weighted by molar-refractivity contribution is 7.93. The molecular weight excluding hydrogens is 444 g/mol. The van der Waals surface area contributed by atoms with Crippen LogP contribution in [0.3, 0.4) is 0 Å². The summed E-state index contributed by atoms with van der Waals surface area (Å²) in [6.07, 6.45) is -0.00525. The molecule has 2 aromatic carbocycles. The topological polar surface area (TPSA) is 100 Å². The molecule has 32 heavy (non-hydrogen) atoms. The van der Waals surface area contributed by atoms with Crippen molar-refractivity contribution in [1.82, 2.24) is 9.97 Å². The van der Waals surface area contributed by atoms with Crippen molar-refractivity contribution in [3.05, 3.63) is 82.5 Å². The standard InChI is InChI=1S/C24H20N2O4S2/c1-16-6-8-17(9-7-16)10-11-19-12-13-23(31-19)32(29,30)15-18(24(27)28)14-22-25-20-4-2-3-5-21(20)26-22/h2-9,12-13,18H,14-15H2,1H3,(H,25,26)(H,27,28)/t18-/m1/s1. The summed E-state index contributed by atoms with van der Waals surface area (Å²) in [5.74, 6) is 3.64. The third kappa shape index (κ3) is 5.07. The van der Waals surface area contributed by atoms with Crippen LogP contribution in [0.2, 0.25) is 0 Å². The number of nitrogens with one attached hydrogen (secondary N) is 1. The Bertz CT molecular complexity index is 1410. The van der Waals surface area contributed by atoms with E-state index in [9.17, 15) is 18.3 Å². The molecule has 0 unspecified atom stereocenters. The number of sulfone groups is 1. The number of imidazole rings is 1. The van der Waals surface area contributed by atoms with Crippen LogP contribution < -0.4 is 0 Å². The van der Waals surface area contributed by atoms with E-state index >= 15 is 0 Å². The molecule has 1 atom stereocenters. The molecule has 0 amide bonds. The lowest BCUT2D eigenvalue weighted by molar-refractivity contribution is -0.140. The summed E-state index contributed by atoms with van der Waals surface area (Å²) in [6.45, 7) is 1.99. The van der Waals surface area contributed by atoms with Crippen LogP contribution in [-0.4, -0.2) is 35.2 Å². The highest BCUT2D eigenvalue weighted by Gasteiger charge is 2.29. The smallest absolute Gasteiger partial charge is 0.307 e. The predicted molar refractivity (Wildman–Crippen MR) is 124 cm³/mol. The van der Waals surface area contributed by atoms with E-state index in [4.69, 9.17) is 0 Å². The first-order valence-electron chi connectivity index (χ1n) is 9.88. The van der Waals surface area contributed by atoms with Gasteiger partial charge >= 0.3 is 5.97 Å². The highest BCUT2D eigenvalue weighted by Crippen LogP contribution is 2.25. The molecule has 0 fully saturated rings. The van der Waals surface area contributed by atoms with Crippen molar-refractivity contribution >= 4 is 38.2 Å².